The highest BCUT2D eigenvalue weighted by Gasteiger charge is 2.20. The van der Waals surface area contributed by atoms with E-state index in [9.17, 15) is 9.18 Å². The van der Waals surface area contributed by atoms with Gasteiger partial charge in [0.25, 0.3) is 5.91 Å². The number of ether oxygens (including phenoxy) is 1. The van der Waals surface area contributed by atoms with Crippen LogP contribution in [0.5, 0.6) is 5.75 Å². The monoisotopic (exact) mass is 408 g/mol. The first-order chi connectivity index (χ1) is 14.3. The van der Waals surface area contributed by atoms with E-state index in [4.69, 9.17) is 15.7 Å². The molecule has 0 spiro atoms. The lowest BCUT2D eigenvalue weighted by atomic mass is 10.0. The molecular weight excluding hydrogens is 387 g/mol. The average molecular weight is 408 g/mol. The van der Waals surface area contributed by atoms with Crippen molar-refractivity contribution in [2.24, 2.45) is 7.05 Å². The quantitative estimate of drug-likeness (QED) is 0.647. The van der Waals surface area contributed by atoms with Gasteiger partial charge in [0.2, 0.25) is 0 Å². The van der Waals surface area contributed by atoms with Crippen molar-refractivity contribution in [2.45, 2.75) is 26.5 Å². The summed E-state index contributed by atoms with van der Waals surface area (Å²) in [7, 11) is 1.65. The molecule has 0 aliphatic heterocycles. The molecule has 1 atom stereocenters. The van der Waals surface area contributed by atoms with Crippen LogP contribution in [0.25, 0.3) is 0 Å². The van der Waals surface area contributed by atoms with Gasteiger partial charge < -0.3 is 15.8 Å². The highest BCUT2D eigenvalue weighted by Crippen LogP contribution is 2.28. The Balaban J connectivity index is 1.80. The minimum absolute atomic E-state index is 0.120. The highest BCUT2D eigenvalue weighted by molar-refractivity contribution is 5.95. The summed E-state index contributed by atoms with van der Waals surface area (Å²) in [6, 6.07) is 9.20. The molecule has 0 radical (unpaired) electrons. The van der Waals surface area contributed by atoms with Crippen LogP contribution in [0.4, 0.5) is 10.2 Å². The van der Waals surface area contributed by atoms with Crippen LogP contribution in [0.15, 0.2) is 36.5 Å². The van der Waals surface area contributed by atoms with Crippen LogP contribution in [0.1, 0.15) is 45.9 Å². The number of hydrogen-bond donors (Lipinski definition) is 2. The van der Waals surface area contributed by atoms with Crippen molar-refractivity contribution in [3.8, 4) is 11.8 Å². The highest BCUT2D eigenvalue weighted by atomic mass is 19.1. The smallest absolute Gasteiger partial charge is 0.252 e. The van der Waals surface area contributed by atoms with Gasteiger partial charge >= 0.3 is 0 Å². The summed E-state index contributed by atoms with van der Waals surface area (Å²) in [5.41, 5.74) is 8.27. The zero-order chi connectivity index (χ0) is 21.8. The van der Waals surface area contributed by atoms with Crippen molar-refractivity contribution in [2.75, 3.05) is 5.73 Å². The standard InChI is InChI=1S/C21H21FN6O2/c1-12-6-19(20(24)25-10-12)30-13(2)18-7-14(22)4-5-17(18)21(29)26-11-15-8-16(9-23)28(3)27-15/h4-8,10,13H,11H2,1-3H3,(H2,24,25)(H,26,29)/t13-/m1/s1. The number of benzene rings is 1. The predicted octanol–water partition coefficient (Wildman–Crippen LogP) is 2.79. The van der Waals surface area contributed by atoms with Gasteiger partial charge in [0.05, 0.1) is 12.2 Å². The molecule has 9 heteroatoms. The Hall–Kier alpha value is -3.93. The zero-order valence-corrected chi connectivity index (χ0v) is 16.8. The Morgan fingerprint density at radius 3 is 2.87 bits per heavy atom. The Morgan fingerprint density at radius 2 is 2.17 bits per heavy atom. The van der Waals surface area contributed by atoms with Gasteiger partial charge in [-0.3, -0.25) is 9.48 Å². The van der Waals surface area contributed by atoms with Crippen molar-refractivity contribution >= 4 is 11.7 Å². The number of carbonyl (C=O) groups is 1. The lowest BCUT2D eigenvalue weighted by molar-refractivity contribution is 0.0945. The van der Waals surface area contributed by atoms with E-state index in [-0.39, 0.29) is 17.9 Å². The average Bonchev–Trinajstić information content (AvgIpc) is 3.08. The third kappa shape index (κ3) is 4.55. The second-order valence-corrected chi connectivity index (χ2v) is 6.83. The summed E-state index contributed by atoms with van der Waals surface area (Å²) in [5, 5.41) is 15.9. The first kappa shape index (κ1) is 20.8. The van der Waals surface area contributed by atoms with Crippen molar-refractivity contribution in [1.82, 2.24) is 20.1 Å². The molecule has 0 aliphatic carbocycles. The number of nitrogen functional groups attached to an aromatic ring is 1. The molecule has 1 aromatic carbocycles. The normalized spacial score (nSPS) is 11.6. The van der Waals surface area contributed by atoms with Gasteiger partial charge in [-0.2, -0.15) is 10.4 Å². The van der Waals surface area contributed by atoms with Gasteiger partial charge in [-0.15, -0.1) is 0 Å². The summed E-state index contributed by atoms with van der Waals surface area (Å²) in [5.74, 6) is -0.343. The van der Waals surface area contributed by atoms with Crippen molar-refractivity contribution in [3.63, 3.8) is 0 Å². The fourth-order valence-corrected chi connectivity index (χ4v) is 2.96. The number of pyridine rings is 1. The van der Waals surface area contributed by atoms with Gasteiger partial charge in [-0.1, -0.05) is 0 Å². The maximum absolute atomic E-state index is 13.9. The van der Waals surface area contributed by atoms with E-state index in [2.05, 4.69) is 15.4 Å². The van der Waals surface area contributed by atoms with Gasteiger partial charge in [0, 0.05) is 24.4 Å². The van der Waals surface area contributed by atoms with E-state index in [1.54, 1.807) is 32.3 Å². The number of anilines is 1. The summed E-state index contributed by atoms with van der Waals surface area (Å²) in [6.07, 6.45) is 0.955. The molecule has 3 rings (SSSR count). The van der Waals surface area contributed by atoms with Crippen LogP contribution in [0.3, 0.4) is 0 Å². The van der Waals surface area contributed by atoms with Crippen LogP contribution < -0.4 is 15.8 Å². The van der Waals surface area contributed by atoms with Gasteiger partial charge in [0.1, 0.15) is 23.7 Å². The molecule has 0 fully saturated rings. The molecule has 1 amide bonds. The molecular formula is C21H21FN6O2. The second-order valence-electron chi connectivity index (χ2n) is 6.83. The number of aryl methyl sites for hydroxylation is 2. The number of halogens is 1. The fraction of sp³-hybridized carbons (Fsp3) is 0.238. The lowest BCUT2D eigenvalue weighted by Crippen LogP contribution is -2.25. The summed E-state index contributed by atoms with van der Waals surface area (Å²) in [4.78, 5) is 16.8. The van der Waals surface area contributed by atoms with Crippen LogP contribution in [-0.4, -0.2) is 20.7 Å². The third-order valence-electron chi connectivity index (χ3n) is 4.49. The van der Waals surface area contributed by atoms with Crippen LogP contribution in [-0.2, 0) is 13.6 Å². The molecule has 2 aromatic heterocycles. The molecule has 0 saturated heterocycles. The van der Waals surface area contributed by atoms with Gasteiger partial charge in [-0.05, 0) is 49.7 Å². The fourth-order valence-electron chi connectivity index (χ4n) is 2.96. The van der Waals surface area contributed by atoms with Crippen LogP contribution >= 0.6 is 0 Å². The summed E-state index contributed by atoms with van der Waals surface area (Å²) in [6.45, 7) is 3.67. The molecule has 0 unspecified atom stereocenters. The maximum atomic E-state index is 13.9. The maximum Gasteiger partial charge on any atom is 0.252 e. The molecule has 2 heterocycles. The number of nitrogens with two attached hydrogens (primary N) is 1. The lowest BCUT2D eigenvalue weighted by Gasteiger charge is -2.19. The summed E-state index contributed by atoms with van der Waals surface area (Å²) < 4.78 is 21.2. The number of carbonyl (C=O) groups excluding carboxylic acids is 1. The van der Waals surface area contributed by atoms with Gasteiger partial charge in [-0.25, -0.2) is 9.37 Å². The van der Waals surface area contributed by atoms with E-state index in [0.29, 0.717) is 22.7 Å². The Bertz CT molecular complexity index is 1140. The molecule has 3 aromatic rings. The topological polar surface area (TPSA) is 119 Å². The van der Waals surface area contributed by atoms with Crippen LogP contribution in [0, 0.1) is 24.1 Å². The Morgan fingerprint density at radius 1 is 1.40 bits per heavy atom. The van der Waals surface area contributed by atoms with E-state index < -0.39 is 17.8 Å². The first-order valence-electron chi connectivity index (χ1n) is 9.18. The minimum atomic E-state index is -0.660. The largest absolute Gasteiger partial charge is 0.482 e. The molecule has 8 nitrogen and oxygen atoms in total. The number of hydrogen-bond acceptors (Lipinski definition) is 6. The third-order valence-corrected chi connectivity index (χ3v) is 4.49. The van der Waals surface area contributed by atoms with Gasteiger partial charge in [0.15, 0.2) is 11.6 Å². The number of nitriles is 1. The van der Waals surface area contributed by atoms with E-state index in [0.717, 1.165) is 5.56 Å². The second kappa shape index (κ2) is 8.61. The molecule has 154 valence electrons. The molecule has 30 heavy (non-hydrogen) atoms. The number of aromatic nitrogens is 3. The van der Waals surface area contributed by atoms with Crippen molar-refractivity contribution in [1.29, 1.82) is 5.26 Å². The number of nitrogens with one attached hydrogen (secondary N) is 1. The Kier molecular flexibility index (Phi) is 5.97. The molecule has 3 N–H and O–H groups in total. The molecule has 0 aliphatic rings. The van der Waals surface area contributed by atoms with Crippen molar-refractivity contribution in [3.05, 3.63) is 70.4 Å². The molecule has 0 saturated carbocycles. The van der Waals surface area contributed by atoms with E-state index in [1.165, 1.54) is 22.9 Å². The number of nitrogens with zero attached hydrogens (tertiary/aromatic N) is 4. The minimum Gasteiger partial charge on any atom is -0.482 e. The first-order valence-corrected chi connectivity index (χ1v) is 9.18. The van der Waals surface area contributed by atoms with Crippen molar-refractivity contribution < 1.29 is 13.9 Å². The Labute approximate surface area is 173 Å². The molecule has 0 bridgehead atoms. The van der Waals surface area contributed by atoms with E-state index >= 15 is 0 Å². The SMILES string of the molecule is Cc1cnc(N)c(O[C@H](C)c2cc(F)ccc2C(=O)NCc2cc(C#N)n(C)n2)c1. The van der Waals surface area contributed by atoms with E-state index in [1.807, 2.05) is 13.0 Å². The number of amides is 1. The summed E-state index contributed by atoms with van der Waals surface area (Å²) >= 11 is 0. The predicted molar refractivity (Wildman–Crippen MR) is 108 cm³/mol. The van der Waals surface area contributed by atoms with Crippen LogP contribution in [0.2, 0.25) is 0 Å². The zero-order valence-electron chi connectivity index (χ0n) is 16.8. The number of rotatable bonds is 6.